The predicted molar refractivity (Wildman–Crippen MR) is 136 cm³/mol. The summed E-state index contributed by atoms with van der Waals surface area (Å²) >= 11 is 5.80. The van der Waals surface area contributed by atoms with Crippen LogP contribution in [0.15, 0.2) is 42.5 Å². The minimum absolute atomic E-state index is 0.0236. The monoisotopic (exact) mass is 544 g/mol. The van der Waals surface area contributed by atoms with Gasteiger partial charge in [0.15, 0.2) is 5.69 Å². The number of fused-ring (bicyclic) bond motifs is 1. The zero-order chi connectivity index (χ0) is 27.4. The number of carbonyl (C=O) groups excluding carboxylic acids is 3. The van der Waals surface area contributed by atoms with Gasteiger partial charge in [-0.25, -0.2) is 9.18 Å². The molecule has 0 atom stereocenters. The minimum Gasteiger partial charge on any atom is -0.465 e. The normalized spacial score (nSPS) is 16.5. The number of carboxylic acid groups (broad SMARTS) is 1. The van der Waals surface area contributed by atoms with E-state index < -0.39 is 29.6 Å². The number of benzene rings is 2. The molecule has 13 heteroatoms. The van der Waals surface area contributed by atoms with Gasteiger partial charge in [-0.05, 0) is 30.9 Å². The second kappa shape index (κ2) is 11.5. The van der Waals surface area contributed by atoms with Crippen LogP contribution in [-0.2, 0) is 22.7 Å². The molecule has 1 aliphatic carbocycles. The van der Waals surface area contributed by atoms with Crippen molar-refractivity contribution >= 4 is 46.3 Å². The Morgan fingerprint density at radius 2 is 1.89 bits per heavy atom. The number of hydrogen-bond acceptors (Lipinski definition) is 5. The van der Waals surface area contributed by atoms with Crippen LogP contribution in [0.2, 0.25) is 5.02 Å². The van der Waals surface area contributed by atoms with Crippen LogP contribution < -0.4 is 16.4 Å². The molecule has 1 saturated carbocycles. The largest absolute Gasteiger partial charge is 0.465 e. The molecule has 200 valence electrons. The van der Waals surface area contributed by atoms with Crippen molar-refractivity contribution in [2.45, 2.75) is 32.0 Å². The molecule has 1 aliphatic rings. The third kappa shape index (κ3) is 6.20. The quantitative estimate of drug-likeness (QED) is 0.306. The smallest absolute Gasteiger partial charge is 0.404 e. The van der Waals surface area contributed by atoms with Crippen LogP contribution >= 0.6 is 11.6 Å². The Morgan fingerprint density at radius 1 is 1.16 bits per heavy atom. The predicted octanol–water partition coefficient (Wildman–Crippen LogP) is 2.12. The highest BCUT2D eigenvalue weighted by molar-refractivity contribution is 6.30. The van der Waals surface area contributed by atoms with Gasteiger partial charge in [0.25, 0.3) is 5.91 Å². The van der Waals surface area contributed by atoms with E-state index in [9.17, 15) is 23.6 Å². The van der Waals surface area contributed by atoms with Gasteiger partial charge < -0.3 is 26.4 Å². The Hall–Kier alpha value is -4.19. The molecule has 5 N–H and O–H groups in total. The molecule has 1 aromatic heterocycles. The molecule has 0 aliphatic heterocycles. The highest BCUT2D eigenvalue weighted by Gasteiger charge is 2.33. The molecule has 2 aromatic carbocycles. The molecule has 38 heavy (non-hydrogen) atoms. The number of nitrogens with one attached hydrogen (secondary N) is 2. The summed E-state index contributed by atoms with van der Waals surface area (Å²) in [5.41, 5.74) is 6.21. The second-order valence-electron chi connectivity index (χ2n) is 9.14. The SMILES string of the molecule is NC(=O)c1nn(CC(=O)N(CC(=O)NCc2cccc(Cl)c2F)C[C@H]2C[C@H](NC(=O)O)C2)c2ccccc12. The molecule has 1 fully saturated rings. The summed E-state index contributed by atoms with van der Waals surface area (Å²) < 4.78 is 15.5. The molecule has 0 bridgehead atoms. The average Bonchev–Trinajstić information content (AvgIpc) is 3.21. The fraction of sp³-hybridized carbons (Fsp3) is 0.320. The Morgan fingerprint density at radius 3 is 2.61 bits per heavy atom. The van der Waals surface area contributed by atoms with Gasteiger partial charge >= 0.3 is 6.09 Å². The van der Waals surface area contributed by atoms with Crippen LogP contribution in [0.1, 0.15) is 28.9 Å². The Bertz CT molecular complexity index is 1390. The molecule has 11 nitrogen and oxygen atoms in total. The maximum Gasteiger partial charge on any atom is 0.404 e. The number of primary amides is 1. The van der Waals surface area contributed by atoms with Gasteiger partial charge in [0.05, 0.1) is 17.1 Å². The lowest BCUT2D eigenvalue weighted by molar-refractivity contribution is -0.137. The highest BCUT2D eigenvalue weighted by Crippen LogP contribution is 2.28. The lowest BCUT2D eigenvalue weighted by atomic mass is 9.80. The first-order valence-corrected chi connectivity index (χ1v) is 12.2. The van der Waals surface area contributed by atoms with E-state index in [2.05, 4.69) is 15.7 Å². The average molecular weight is 545 g/mol. The number of carbonyl (C=O) groups is 4. The fourth-order valence-corrected chi connectivity index (χ4v) is 4.70. The third-order valence-corrected chi connectivity index (χ3v) is 6.70. The fourth-order valence-electron chi connectivity index (χ4n) is 4.51. The van der Waals surface area contributed by atoms with Crippen LogP contribution in [0.3, 0.4) is 0 Å². The maximum absolute atomic E-state index is 14.2. The number of nitrogens with two attached hydrogens (primary N) is 1. The number of hydrogen-bond donors (Lipinski definition) is 4. The number of nitrogens with zero attached hydrogens (tertiary/aromatic N) is 3. The van der Waals surface area contributed by atoms with Gasteiger partial charge in [0.1, 0.15) is 12.4 Å². The summed E-state index contributed by atoms with van der Waals surface area (Å²) in [6.07, 6.45) is -0.0889. The summed E-state index contributed by atoms with van der Waals surface area (Å²) in [6, 6.07) is 11.1. The molecule has 0 saturated heterocycles. The zero-order valence-electron chi connectivity index (χ0n) is 20.2. The van der Waals surface area contributed by atoms with Crippen molar-refractivity contribution in [2.75, 3.05) is 13.1 Å². The van der Waals surface area contributed by atoms with Crippen LogP contribution in [0, 0.1) is 11.7 Å². The molecular formula is C25H26ClFN6O5. The van der Waals surface area contributed by atoms with Gasteiger partial charge in [0, 0.05) is 30.1 Å². The summed E-state index contributed by atoms with van der Waals surface area (Å²) in [7, 11) is 0. The van der Waals surface area contributed by atoms with E-state index in [0.717, 1.165) is 0 Å². The van der Waals surface area contributed by atoms with E-state index in [0.29, 0.717) is 23.7 Å². The van der Waals surface area contributed by atoms with Gasteiger partial charge in [-0.1, -0.05) is 41.9 Å². The Labute approximate surface area is 221 Å². The summed E-state index contributed by atoms with van der Waals surface area (Å²) in [5, 5.41) is 18.6. The van der Waals surface area contributed by atoms with Crippen molar-refractivity contribution in [2.24, 2.45) is 11.7 Å². The number of amides is 4. The van der Waals surface area contributed by atoms with Crippen molar-refractivity contribution in [1.82, 2.24) is 25.3 Å². The number of rotatable bonds is 10. The topological polar surface area (TPSA) is 160 Å². The summed E-state index contributed by atoms with van der Waals surface area (Å²) in [6.45, 7) is -0.478. The maximum atomic E-state index is 14.2. The van der Waals surface area contributed by atoms with Gasteiger partial charge in [-0.3, -0.25) is 19.1 Å². The number of para-hydroxylation sites is 1. The molecular weight excluding hydrogens is 519 g/mol. The third-order valence-electron chi connectivity index (χ3n) is 6.41. The van der Waals surface area contributed by atoms with E-state index in [-0.39, 0.29) is 54.4 Å². The van der Waals surface area contributed by atoms with Crippen LogP contribution in [0.25, 0.3) is 10.9 Å². The zero-order valence-corrected chi connectivity index (χ0v) is 20.9. The molecule has 0 radical (unpaired) electrons. The van der Waals surface area contributed by atoms with Crippen molar-refractivity contribution in [3.05, 3.63) is 64.6 Å². The Kier molecular flexibility index (Phi) is 8.10. The van der Waals surface area contributed by atoms with E-state index in [1.165, 1.54) is 21.7 Å². The molecule has 4 amide bonds. The Balaban J connectivity index is 1.47. The molecule has 4 rings (SSSR count). The van der Waals surface area contributed by atoms with Crippen LogP contribution in [-0.4, -0.2) is 62.7 Å². The van der Waals surface area contributed by atoms with Gasteiger partial charge in [0.2, 0.25) is 11.8 Å². The van der Waals surface area contributed by atoms with Gasteiger partial charge in [-0.15, -0.1) is 0 Å². The first kappa shape index (κ1) is 26.9. The molecule has 1 heterocycles. The lowest BCUT2D eigenvalue weighted by Gasteiger charge is -2.38. The summed E-state index contributed by atoms with van der Waals surface area (Å²) in [4.78, 5) is 50.2. The van der Waals surface area contributed by atoms with Crippen molar-refractivity contribution in [3.63, 3.8) is 0 Å². The van der Waals surface area contributed by atoms with E-state index in [4.69, 9.17) is 22.4 Å². The van der Waals surface area contributed by atoms with E-state index in [1.54, 1.807) is 30.3 Å². The number of halogens is 2. The molecule has 0 spiro atoms. The van der Waals surface area contributed by atoms with Crippen LogP contribution in [0.5, 0.6) is 0 Å². The van der Waals surface area contributed by atoms with Crippen molar-refractivity contribution in [1.29, 1.82) is 0 Å². The number of aromatic nitrogens is 2. The molecule has 0 unspecified atom stereocenters. The standard InChI is InChI=1S/C25H26ClFN6O5/c26-18-6-3-4-15(22(18)27)10-29-20(34)12-32(11-14-8-16(9-14)30-25(37)38)21(35)13-33-19-7-2-1-5-17(19)23(31-33)24(28)36/h1-7,14,16,30H,8-13H2,(H2,28,36)(H,29,34)(H,37,38)/t14-,16-. The van der Waals surface area contributed by atoms with Gasteiger partial charge in [-0.2, -0.15) is 5.10 Å². The molecule has 3 aromatic rings. The first-order chi connectivity index (χ1) is 18.1. The first-order valence-electron chi connectivity index (χ1n) is 11.8. The highest BCUT2D eigenvalue weighted by atomic mass is 35.5. The lowest BCUT2D eigenvalue weighted by Crippen LogP contribution is -2.50. The van der Waals surface area contributed by atoms with E-state index >= 15 is 0 Å². The van der Waals surface area contributed by atoms with Crippen LogP contribution in [0.4, 0.5) is 9.18 Å². The van der Waals surface area contributed by atoms with E-state index in [1.807, 2.05) is 0 Å². The second-order valence-corrected chi connectivity index (χ2v) is 9.54. The van der Waals surface area contributed by atoms with Crippen molar-refractivity contribution < 1.29 is 28.7 Å². The summed E-state index contributed by atoms with van der Waals surface area (Å²) in [5.74, 6) is -2.34. The minimum atomic E-state index is -1.12. The van der Waals surface area contributed by atoms with Crippen molar-refractivity contribution in [3.8, 4) is 0 Å².